The minimum absolute atomic E-state index is 0.169. The van der Waals surface area contributed by atoms with Gasteiger partial charge in [0, 0.05) is 16.8 Å². The highest BCUT2D eigenvalue weighted by atomic mass is 79.9. The zero-order valence-corrected chi connectivity index (χ0v) is 13.9. The zero-order valence-electron chi connectivity index (χ0n) is 11.5. The van der Waals surface area contributed by atoms with Gasteiger partial charge in [-0.15, -0.1) is 11.3 Å². The third-order valence-electron chi connectivity index (χ3n) is 3.33. The van der Waals surface area contributed by atoms with Crippen molar-refractivity contribution in [1.29, 1.82) is 0 Å². The van der Waals surface area contributed by atoms with E-state index in [2.05, 4.69) is 38.8 Å². The fourth-order valence-corrected chi connectivity index (χ4v) is 3.79. The van der Waals surface area contributed by atoms with Gasteiger partial charge in [-0.1, -0.05) is 18.2 Å². The van der Waals surface area contributed by atoms with Crippen LogP contribution in [0.2, 0.25) is 0 Å². The van der Waals surface area contributed by atoms with Crippen molar-refractivity contribution >= 4 is 43.3 Å². The van der Waals surface area contributed by atoms with Crippen LogP contribution in [-0.4, -0.2) is 12.5 Å². The Morgan fingerprint density at radius 1 is 1.38 bits per heavy atom. The molecule has 0 unspecified atom stereocenters. The van der Waals surface area contributed by atoms with E-state index < -0.39 is 0 Å². The largest absolute Gasteiger partial charge is 0.444 e. The van der Waals surface area contributed by atoms with Gasteiger partial charge in [-0.2, -0.15) is 0 Å². The number of rotatable bonds is 4. The lowest BCUT2D eigenvalue weighted by atomic mass is 10.1. The maximum atomic E-state index is 12.0. The van der Waals surface area contributed by atoms with Crippen LogP contribution in [0.15, 0.2) is 44.8 Å². The third-order valence-corrected chi connectivity index (χ3v) is 4.74. The topological polar surface area (TPSA) is 42.2 Å². The predicted octanol–water partition coefficient (Wildman–Crippen LogP) is 4.54. The molecule has 0 spiro atoms. The second kappa shape index (κ2) is 6.03. The van der Waals surface area contributed by atoms with Crippen LogP contribution in [0, 0.1) is 6.92 Å². The number of fused-ring (bicyclic) bond motifs is 1. The van der Waals surface area contributed by atoms with Gasteiger partial charge in [0.2, 0.25) is 0 Å². The van der Waals surface area contributed by atoms with Gasteiger partial charge < -0.3 is 9.73 Å². The normalized spacial score (nSPS) is 11.0. The number of benzene rings is 1. The summed E-state index contributed by atoms with van der Waals surface area (Å²) >= 11 is 4.97. The first kappa shape index (κ1) is 14.4. The van der Waals surface area contributed by atoms with Crippen molar-refractivity contribution < 1.29 is 9.21 Å². The van der Waals surface area contributed by atoms with Gasteiger partial charge in [-0.25, -0.2) is 0 Å². The molecule has 0 saturated heterocycles. The van der Waals surface area contributed by atoms with Crippen molar-refractivity contribution in [3.8, 4) is 0 Å². The van der Waals surface area contributed by atoms with Crippen LogP contribution < -0.4 is 5.32 Å². The maximum Gasteiger partial charge on any atom is 0.287 e. The Bertz CT molecular complexity index is 791. The number of hydrogen-bond acceptors (Lipinski definition) is 3. The molecule has 0 fully saturated rings. The number of thiophene rings is 1. The molecule has 1 N–H and O–H groups in total. The van der Waals surface area contributed by atoms with Gasteiger partial charge in [0.25, 0.3) is 5.91 Å². The molecule has 3 rings (SSSR count). The maximum absolute atomic E-state index is 12.0. The minimum Gasteiger partial charge on any atom is -0.444 e. The highest BCUT2D eigenvalue weighted by Crippen LogP contribution is 2.25. The summed E-state index contributed by atoms with van der Waals surface area (Å²) in [5.74, 6) is 0.204. The Labute approximate surface area is 135 Å². The van der Waals surface area contributed by atoms with Crippen molar-refractivity contribution in [1.82, 2.24) is 5.32 Å². The summed E-state index contributed by atoms with van der Waals surface area (Å²) in [4.78, 5) is 12.0. The van der Waals surface area contributed by atoms with E-state index in [0.29, 0.717) is 17.0 Å². The molecule has 0 radical (unpaired) electrons. The van der Waals surface area contributed by atoms with Crippen molar-refractivity contribution in [3.63, 3.8) is 0 Å². The Balaban J connectivity index is 1.64. The first-order valence-corrected chi connectivity index (χ1v) is 8.31. The summed E-state index contributed by atoms with van der Waals surface area (Å²) in [7, 11) is 0. The van der Waals surface area contributed by atoms with E-state index in [4.69, 9.17) is 4.42 Å². The highest BCUT2D eigenvalue weighted by Gasteiger charge is 2.14. The number of nitrogens with one attached hydrogen (secondary N) is 1. The lowest BCUT2D eigenvalue weighted by molar-refractivity contribution is 0.0924. The minimum atomic E-state index is -0.169. The van der Waals surface area contributed by atoms with E-state index in [9.17, 15) is 4.79 Å². The fourth-order valence-electron chi connectivity index (χ4n) is 2.29. The first-order valence-electron chi connectivity index (χ1n) is 6.64. The lowest BCUT2D eigenvalue weighted by Gasteiger charge is -2.03. The quantitative estimate of drug-likeness (QED) is 0.739. The molecular formula is C16H14BrNO2S. The summed E-state index contributed by atoms with van der Waals surface area (Å²) in [6, 6.07) is 10.1. The van der Waals surface area contributed by atoms with Crippen LogP contribution in [0.5, 0.6) is 0 Å². The Hall–Kier alpha value is -1.59. The molecule has 108 valence electrons. The van der Waals surface area contributed by atoms with E-state index >= 15 is 0 Å². The molecule has 0 aliphatic carbocycles. The van der Waals surface area contributed by atoms with Crippen LogP contribution in [0.1, 0.15) is 21.7 Å². The van der Waals surface area contributed by atoms with Gasteiger partial charge in [0.05, 0.1) is 0 Å². The summed E-state index contributed by atoms with van der Waals surface area (Å²) in [5, 5.41) is 6.34. The molecule has 0 bridgehead atoms. The van der Waals surface area contributed by atoms with Crippen molar-refractivity contribution in [2.45, 2.75) is 13.3 Å². The van der Waals surface area contributed by atoms with Crippen LogP contribution in [0.25, 0.3) is 10.1 Å². The van der Waals surface area contributed by atoms with Crippen molar-refractivity contribution in [2.24, 2.45) is 0 Å². The summed E-state index contributed by atoms with van der Waals surface area (Å²) in [6.45, 7) is 2.45. The lowest BCUT2D eigenvalue weighted by Crippen LogP contribution is -2.25. The van der Waals surface area contributed by atoms with Crippen LogP contribution in [0.4, 0.5) is 0 Å². The average Bonchev–Trinajstić information content (AvgIpc) is 3.02. The molecule has 3 aromatic rings. The number of halogens is 1. The molecule has 1 amide bonds. The molecule has 0 aliphatic rings. The van der Waals surface area contributed by atoms with Crippen LogP contribution >= 0.6 is 27.3 Å². The summed E-state index contributed by atoms with van der Waals surface area (Å²) in [6.07, 6.45) is 0.816. The smallest absolute Gasteiger partial charge is 0.287 e. The van der Waals surface area contributed by atoms with Gasteiger partial charge in [0.1, 0.15) is 0 Å². The molecule has 0 atom stereocenters. The van der Waals surface area contributed by atoms with E-state index in [1.54, 1.807) is 17.4 Å². The van der Waals surface area contributed by atoms with Gasteiger partial charge >= 0.3 is 0 Å². The highest BCUT2D eigenvalue weighted by molar-refractivity contribution is 9.10. The second-order valence-corrected chi connectivity index (χ2v) is 6.52. The fraction of sp³-hybridized carbons (Fsp3) is 0.188. The Morgan fingerprint density at radius 3 is 2.95 bits per heavy atom. The Kier molecular flexibility index (Phi) is 4.12. The molecule has 2 aromatic heterocycles. The van der Waals surface area contributed by atoms with Crippen molar-refractivity contribution in [2.75, 3.05) is 6.54 Å². The first-order chi connectivity index (χ1) is 10.1. The van der Waals surface area contributed by atoms with Crippen LogP contribution in [-0.2, 0) is 6.42 Å². The van der Waals surface area contributed by atoms with Gasteiger partial charge in [-0.05, 0) is 57.7 Å². The number of carbonyl (C=O) groups excluding carboxylic acids is 1. The standard InChI is InChI=1S/C16H14BrNO2S/c1-10-8-14(17)20-15(10)16(19)18-7-6-11-9-21-13-5-3-2-4-12(11)13/h2-5,8-9H,6-7H2,1H3,(H,18,19). The molecule has 0 saturated carbocycles. The predicted molar refractivity (Wildman–Crippen MR) is 89.0 cm³/mol. The van der Waals surface area contributed by atoms with Crippen molar-refractivity contribution in [3.05, 3.63) is 57.3 Å². The number of hydrogen-bond donors (Lipinski definition) is 1. The van der Waals surface area contributed by atoms with E-state index in [0.717, 1.165) is 12.0 Å². The molecule has 2 heterocycles. The van der Waals surface area contributed by atoms with E-state index in [1.165, 1.54) is 15.6 Å². The molecule has 0 aliphatic heterocycles. The molecule has 1 aromatic carbocycles. The number of carbonyl (C=O) groups is 1. The summed E-state index contributed by atoms with van der Waals surface area (Å²) < 4.78 is 7.20. The van der Waals surface area contributed by atoms with E-state index in [1.807, 2.05) is 19.1 Å². The SMILES string of the molecule is Cc1cc(Br)oc1C(=O)NCCc1csc2ccccc12. The van der Waals surface area contributed by atoms with Gasteiger partial charge in [-0.3, -0.25) is 4.79 Å². The molecule has 5 heteroatoms. The molecule has 21 heavy (non-hydrogen) atoms. The number of amides is 1. The molecular weight excluding hydrogens is 350 g/mol. The van der Waals surface area contributed by atoms with E-state index in [-0.39, 0.29) is 5.91 Å². The monoisotopic (exact) mass is 363 g/mol. The third kappa shape index (κ3) is 3.04. The average molecular weight is 364 g/mol. The zero-order chi connectivity index (χ0) is 14.8. The van der Waals surface area contributed by atoms with Gasteiger partial charge in [0.15, 0.2) is 10.4 Å². The Morgan fingerprint density at radius 2 is 2.19 bits per heavy atom. The number of furan rings is 1. The number of aryl methyl sites for hydroxylation is 1. The second-order valence-electron chi connectivity index (χ2n) is 4.83. The van der Waals surface area contributed by atoms with Crippen LogP contribution in [0.3, 0.4) is 0 Å². The molecule has 3 nitrogen and oxygen atoms in total. The summed E-state index contributed by atoms with van der Waals surface area (Å²) in [5.41, 5.74) is 2.11.